The van der Waals surface area contributed by atoms with E-state index >= 15 is 0 Å². The lowest BCUT2D eigenvalue weighted by Gasteiger charge is -2.22. The third-order valence-corrected chi connectivity index (χ3v) is 3.34. The van der Waals surface area contributed by atoms with Crippen LogP contribution in [0.2, 0.25) is 0 Å². The van der Waals surface area contributed by atoms with E-state index in [1.165, 1.54) is 11.1 Å². The number of pyridine rings is 1. The highest BCUT2D eigenvalue weighted by Crippen LogP contribution is 2.17. The summed E-state index contributed by atoms with van der Waals surface area (Å²) in [6.45, 7) is 6.09. The van der Waals surface area contributed by atoms with Gasteiger partial charge in [-0.15, -0.1) is 0 Å². The molecule has 0 fully saturated rings. The Morgan fingerprint density at radius 1 is 1.11 bits per heavy atom. The van der Waals surface area contributed by atoms with Gasteiger partial charge < -0.3 is 4.90 Å². The number of hydrogen-bond donors (Lipinski definition) is 0. The zero-order valence-electron chi connectivity index (χ0n) is 10.7. The molecule has 2 rings (SSSR count). The minimum absolute atomic E-state index is 0.877. The monoisotopic (exact) mass is 304 g/mol. The van der Waals surface area contributed by atoms with E-state index in [4.69, 9.17) is 0 Å². The van der Waals surface area contributed by atoms with Crippen LogP contribution in [-0.4, -0.2) is 11.5 Å². The summed E-state index contributed by atoms with van der Waals surface area (Å²) in [6.07, 6.45) is 0. The summed E-state index contributed by atoms with van der Waals surface area (Å²) < 4.78 is 0.877. The molecule has 0 atom stereocenters. The number of nitrogens with zero attached hydrogens (tertiary/aromatic N) is 2. The summed E-state index contributed by atoms with van der Waals surface area (Å²) in [5.41, 5.74) is 2.60. The van der Waals surface area contributed by atoms with Crippen molar-refractivity contribution in [2.75, 3.05) is 11.4 Å². The lowest BCUT2D eigenvalue weighted by atomic mass is 10.1. The Bertz CT molecular complexity index is 508. The van der Waals surface area contributed by atoms with Crippen molar-refractivity contribution in [3.05, 3.63) is 58.2 Å². The van der Waals surface area contributed by atoms with Crippen molar-refractivity contribution in [3.8, 4) is 0 Å². The molecule has 0 bridgehead atoms. The molecule has 0 aliphatic rings. The van der Waals surface area contributed by atoms with Gasteiger partial charge in [0.05, 0.1) is 0 Å². The van der Waals surface area contributed by atoms with Crippen molar-refractivity contribution < 1.29 is 0 Å². The summed E-state index contributed by atoms with van der Waals surface area (Å²) in [6, 6.07) is 14.7. The molecule has 1 heterocycles. The SMILES string of the molecule is CCN(Cc1ccc(C)cc1)c1cccc(Br)n1. The Kier molecular flexibility index (Phi) is 4.37. The Morgan fingerprint density at radius 3 is 2.44 bits per heavy atom. The van der Waals surface area contributed by atoms with E-state index in [9.17, 15) is 0 Å². The highest BCUT2D eigenvalue weighted by molar-refractivity contribution is 9.10. The average molecular weight is 305 g/mol. The second-order valence-corrected chi connectivity index (χ2v) is 5.13. The van der Waals surface area contributed by atoms with Crippen LogP contribution in [0.3, 0.4) is 0 Å². The Hall–Kier alpha value is -1.35. The molecule has 2 nitrogen and oxygen atoms in total. The normalized spacial score (nSPS) is 10.4. The molecule has 0 spiro atoms. The predicted molar refractivity (Wildman–Crippen MR) is 79.8 cm³/mol. The predicted octanol–water partition coefficient (Wildman–Crippen LogP) is 4.18. The van der Waals surface area contributed by atoms with Crippen LogP contribution in [0.4, 0.5) is 5.82 Å². The number of hydrogen-bond acceptors (Lipinski definition) is 2. The summed E-state index contributed by atoms with van der Waals surface area (Å²) in [5, 5.41) is 0. The van der Waals surface area contributed by atoms with Gasteiger partial charge in [-0.1, -0.05) is 35.9 Å². The molecule has 1 aromatic carbocycles. The number of halogens is 1. The van der Waals surface area contributed by atoms with Gasteiger partial charge in [-0.2, -0.15) is 0 Å². The number of benzene rings is 1. The number of rotatable bonds is 4. The molecular weight excluding hydrogens is 288 g/mol. The first-order chi connectivity index (χ1) is 8.69. The van der Waals surface area contributed by atoms with E-state index in [1.54, 1.807) is 0 Å². The summed E-state index contributed by atoms with van der Waals surface area (Å²) in [7, 11) is 0. The largest absolute Gasteiger partial charge is 0.353 e. The van der Waals surface area contributed by atoms with Gasteiger partial charge in [-0.3, -0.25) is 0 Å². The topological polar surface area (TPSA) is 16.1 Å². The molecule has 0 amide bonds. The fraction of sp³-hybridized carbons (Fsp3) is 0.267. The highest BCUT2D eigenvalue weighted by atomic mass is 79.9. The van der Waals surface area contributed by atoms with E-state index in [0.29, 0.717) is 0 Å². The van der Waals surface area contributed by atoms with Crippen LogP contribution >= 0.6 is 15.9 Å². The maximum absolute atomic E-state index is 4.50. The molecule has 0 saturated heterocycles. The first-order valence-electron chi connectivity index (χ1n) is 6.12. The second kappa shape index (κ2) is 6.01. The van der Waals surface area contributed by atoms with E-state index in [2.05, 4.69) is 63.9 Å². The first kappa shape index (κ1) is 13.1. The Labute approximate surface area is 117 Å². The maximum Gasteiger partial charge on any atom is 0.130 e. The van der Waals surface area contributed by atoms with Crippen LogP contribution in [0.25, 0.3) is 0 Å². The van der Waals surface area contributed by atoms with Crippen LogP contribution in [0.15, 0.2) is 47.1 Å². The number of anilines is 1. The fourth-order valence-corrected chi connectivity index (χ4v) is 2.18. The van der Waals surface area contributed by atoms with Crippen molar-refractivity contribution in [2.24, 2.45) is 0 Å². The molecule has 2 aromatic rings. The van der Waals surface area contributed by atoms with Crippen LogP contribution < -0.4 is 4.90 Å². The Balaban J connectivity index is 2.17. The molecule has 0 aliphatic carbocycles. The summed E-state index contributed by atoms with van der Waals surface area (Å²) >= 11 is 3.42. The Morgan fingerprint density at radius 2 is 1.83 bits per heavy atom. The van der Waals surface area contributed by atoms with E-state index in [0.717, 1.165) is 23.5 Å². The van der Waals surface area contributed by atoms with Gasteiger partial charge in [-0.05, 0) is 47.5 Å². The van der Waals surface area contributed by atoms with E-state index in [1.807, 2.05) is 18.2 Å². The van der Waals surface area contributed by atoms with Gasteiger partial charge >= 0.3 is 0 Å². The molecule has 18 heavy (non-hydrogen) atoms. The zero-order valence-corrected chi connectivity index (χ0v) is 12.3. The highest BCUT2D eigenvalue weighted by Gasteiger charge is 2.06. The lowest BCUT2D eigenvalue weighted by Crippen LogP contribution is -2.23. The summed E-state index contributed by atoms with van der Waals surface area (Å²) in [5.74, 6) is 1.01. The molecule has 1 aromatic heterocycles. The minimum Gasteiger partial charge on any atom is -0.353 e. The number of aryl methyl sites for hydroxylation is 1. The molecule has 0 saturated carbocycles. The van der Waals surface area contributed by atoms with Gasteiger partial charge in [0, 0.05) is 13.1 Å². The standard InChI is InChI=1S/C15H17BrN2/c1-3-18(15-6-4-5-14(16)17-15)11-13-9-7-12(2)8-10-13/h4-10H,3,11H2,1-2H3. The second-order valence-electron chi connectivity index (χ2n) is 4.32. The summed E-state index contributed by atoms with van der Waals surface area (Å²) in [4.78, 5) is 6.76. The molecule has 0 radical (unpaired) electrons. The zero-order chi connectivity index (χ0) is 13.0. The smallest absolute Gasteiger partial charge is 0.130 e. The minimum atomic E-state index is 0.877. The average Bonchev–Trinajstić information content (AvgIpc) is 2.38. The van der Waals surface area contributed by atoms with Crippen molar-refractivity contribution in [2.45, 2.75) is 20.4 Å². The molecule has 3 heteroatoms. The van der Waals surface area contributed by atoms with Gasteiger partial charge in [0.25, 0.3) is 0 Å². The van der Waals surface area contributed by atoms with Crippen LogP contribution in [0, 0.1) is 6.92 Å². The number of aromatic nitrogens is 1. The van der Waals surface area contributed by atoms with Gasteiger partial charge in [0.15, 0.2) is 0 Å². The molecular formula is C15H17BrN2. The van der Waals surface area contributed by atoms with Crippen molar-refractivity contribution in [3.63, 3.8) is 0 Å². The van der Waals surface area contributed by atoms with Crippen molar-refractivity contribution in [1.29, 1.82) is 0 Å². The fourth-order valence-electron chi connectivity index (χ4n) is 1.84. The van der Waals surface area contributed by atoms with Gasteiger partial charge in [-0.25, -0.2) is 4.98 Å². The molecule has 0 unspecified atom stereocenters. The van der Waals surface area contributed by atoms with E-state index in [-0.39, 0.29) is 0 Å². The van der Waals surface area contributed by atoms with Crippen LogP contribution in [0.1, 0.15) is 18.1 Å². The van der Waals surface area contributed by atoms with Gasteiger partial charge in [0.1, 0.15) is 10.4 Å². The lowest BCUT2D eigenvalue weighted by molar-refractivity contribution is 0.812. The maximum atomic E-state index is 4.50. The molecule has 94 valence electrons. The quantitative estimate of drug-likeness (QED) is 0.788. The third-order valence-electron chi connectivity index (χ3n) is 2.90. The molecule has 0 N–H and O–H groups in total. The van der Waals surface area contributed by atoms with Crippen LogP contribution in [0.5, 0.6) is 0 Å². The van der Waals surface area contributed by atoms with Crippen molar-refractivity contribution in [1.82, 2.24) is 4.98 Å². The van der Waals surface area contributed by atoms with Gasteiger partial charge in [0.2, 0.25) is 0 Å². The van der Waals surface area contributed by atoms with Crippen molar-refractivity contribution >= 4 is 21.7 Å². The first-order valence-corrected chi connectivity index (χ1v) is 6.91. The third kappa shape index (κ3) is 3.33. The van der Waals surface area contributed by atoms with Crippen LogP contribution in [-0.2, 0) is 6.54 Å². The van der Waals surface area contributed by atoms with E-state index < -0.39 is 0 Å². The molecule has 0 aliphatic heterocycles.